The third kappa shape index (κ3) is 3.32. The second-order valence-electron chi connectivity index (χ2n) is 7.55. The molecule has 114 valence electrons. The molecule has 0 saturated heterocycles. The van der Waals surface area contributed by atoms with Gasteiger partial charge in [0.2, 0.25) is 0 Å². The Kier molecular flexibility index (Phi) is 4.08. The molecule has 2 heteroatoms. The second-order valence-corrected chi connectivity index (χ2v) is 7.55. The minimum absolute atomic E-state index is 0.536. The van der Waals surface area contributed by atoms with Crippen molar-refractivity contribution in [3.8, 4) is 0 Å². The summed E-state index contributed by atoms with van der Waals surface area (Å²) in [6, 6.07) is 9.28. The monoisotopic (exact) mass is 284 g/mol. The predicted octanol–water partition coefficient (Wildman–Crippen LogP) is 4.51. The fourth-order valence-corrected chi connectivity index (χ4v) is 3.98. The van der Waals surface area contributed by atoms with Crippen LogP contribution in [0.3, 0.4) is 0 Å². The Hall–Kier alpha value is -1.28. The lowest BCUT2D eigenvalue weighted by atomic mass is 9.70. The van der Waals surface area contributed by atoms with Gasteiger partial charge in [-0.2, -0.15) is 0 Å². The van der Waals surface area contributed by atoms with Gasteiger partial charge in [0, 0.05) is 23.1 Å². The van der Waals surface area contributed by atoms with E-state index in [2.05, 4.69) is 61.5 Å². The molecule has 1 fully saturated rings. The normalized spacial score (nSPS) is 25.3. The molecule has 21 heavy (non-hydrogen) atoms. The van der Waals surface area contributed by atoms with E-state index in [1.165, 1.54) is 35.7 Å². The van der Waals surface area contributed by atoms with Crippen molar-refractivity contribution in [2.24, 2.45) is 11.3 Å². The fourth-order valence-electron chi connectivity index (χ4n) is 3.98. The van der Waals surface area contributed by atoms with Gasteiger partial charge < -0.3 is 10.3 Å². The molecule has 0 aliphatic heterocycles. The first-order chi connectivity index (χ1) is 10.1. The van der Waals surface area contributed by atoms with Gasteiger partial charge in [-0.25, -0.2) is 0 Å². The fraction of sp³-hybridized carbons (Fsp3) is 0.579. The van der Waals surface area contributed by atoms with E-state index in [9.17, 15) is 0 Å². The molecular formula is C19H28N2. The standard InChI is InChI=1S/C19H28N2/c1-14-12-19(2,3)10-8-17(14)20-11-9-15-13-21-18-7-5-4-6-16(15)18/h4-7,13-14,17,20-21H,8-12H2,1-3H3. The van der Waals surface area contributed by atoms with E-state index in [0.29, 0.717) is 11.5 Å². The highest BCUT2D eigenvalue weighted by molar-refractivity contribution is 5.83. The third-order valence-electron chi connectivity index (χ3n) is 5.17. The minimum Gasteiger partial charge on any atom is -0.361 e. The Balaban J connectivity index is 1.55. The van der Waals surface area contributed by atoms with E-state index in [4.69, 9.17) is 0 Å². The van der Waals surface area contributed by atoms with Crippen molar-refractivity contribution in [1.82, 2.24) is 10.3 Å². The number of hydrogen-bond donors (Lipinski definition) is 2. The van der Waals surface area contributed by atoms with Gasteiger partial charge in [-0.05, 0) is 55.2 Å². The van der Waals surface area contributed by atoms with Gasteiger partial charge in [0.05, 0.1) is 0 Å². The maximum Gasteiger partial charge on any atom is 0.0456 e. The summed E-state index contributed by atoms with van der Waals surface area (Å²) in [7, 11) is 0. The molecule has 3 rings (SSSR count). The van der Waals surface area contributed by atoms with Gasteiger partial charge in [-0.15, -0.1) is 0 Å². The Morgan fingerprint density at radius 3 is 2.90 bits per heavy atom. The summed E-state index contributed by atoms with van der Waals surface area (Å²) in [5.41, 5.74) is 3.22. The summed E-state index contributed by atoms with van der Waals surface area (Å²) in [5, 5.41) is 5.17. The van der Waals surface area contributed by atoms with Crippen molar-refractivity contribution >= 4 is 10.9 Å². The Morgan fingerprint density at radius 2 is 2.10 bits per heavy atom. The number of nitrogens with one attached hydrogen (secondary N) is 2. The van der Waals surface area contributed by atoms with Crippen LogP contribution >= 0.6 is 0 Å². The highest BCUT2D eigenvalue weighted by Gasteiger charge is 2.31. The molecule has 1 aliphatic carbocycles. The van der Waals surface area contributed by atoms with E-state index in [1.807, 2.05) is 0 Å². The van der Waals surface area contributed by atoms with Crippen molar-refractivity contribution in [3.63, 3.8) is 0 Å². The molecule has 0 radical (unpaired) electrons. The molecule has 1 aliphatic rings. The molecule has 2 N–H and O–H groups in total. The number of aromatic amines is 1. The Labute approximate surface area is 128 Å². The first-order valence-corrected chi connectivity index (χ1v) is 8.33. The molecule has 0 spiro atoms. The molecule has 1 aromatic heterocycles. The lowest BCUT2D eigenvalue weighted by Gasteiger charge is -2.39. The highest BCUT2D eigenvalue weighted by atomic mass is 14.9. The van der Waals surface area contributed by atoms with E-state index in [0.717, 1.165) is 18.9 Å². The van der Waals surface area contributed by atoms with Crippen LogP contribution in [0.1, 0.15) is 45.6 Å². The first kappa shape index (κ1) is 14.6. The van der Waals surface area contributed by atoms with Crippen molar-refractivity contribution in [2.45, 2.75) is 52.5 Å². The quantitative estimate of drug-likeness (QED) is 0.849. The zero-order chi connectivity index (χ0) is 14.9. The molecular weight excluding hydrogens is 256 g/mol. The van der Waals surface area contributed by atoms with Crippen LogP contribution in [0, 0.1) is 11.3 Å². The minimum atomic E-state index is 0.536. The largest absolute Gasteiger partial charge is 0.361 e. The number of hydrogen-bond acceptors (Lipinski definition) is 1. The smallest absolute Gasteiger partial charge is 0.0456 e. The Morgan fingerprint density at radius 1 is 1.29 bits per heavy atom. The van der Waals surface area contributed by atoms with Crippen LogP contribution < -0.4 is 5.32 Å². The van der Waals surface area contributed by atoms with Crippen LogP contribution in [0.4, 0.5) is 0 Å². The van der Waals surface area contributed by atoms with Crippen LogP contribution in [0.2, 0.25) is 0 Å². The van der Waals surface area contributed by atoms with Gasteiger partial charge in [0.25, 0.3) is 0 Å². The number of para-hydroxylation sites is 1. The molecule has 2 atom stereocenters. The average Bonchev–Trinajstić information content (AvgIpc) is 2.84. The van der Waals surface area contributed by atoms with Crippen LogP contribution in [-0.4, -0.2) is 17.6 Å². The molecule has 2 nitrogen and oxygen atoms in total. The first-order valence-electron chi connectivity index (χ1n) is 8.33. The van der Waals surface area contributed by atoms with Crippen LogP contribution in [0.15, 0.2) is 30.5 Å². The van der Waals surface area contributed by atoms with Gasteiger partial charge in [-0.3, -0.25) is 0 Å². The number of benzene rings is 1. The molecule has 2 aromatic rings. The molecule has 1 aromatic carbocycles. The van der Waals surface area contributed by atoms with Gasteiger partial charge in [0.15, 0.2) is 0 Å². The lowest BCUT2D eigenvalue weighted by molar-refractivity contribution is 0.149. The maximum atomic E-state index is 3.80. The third-order valence-corrected chi connectivity index (χ3v) is 5.17. The summed E-state index contributed by atoms with van der Waals surface area (Å²) in [6.45, 7) is 8.30. The summed E-state index contributed by atoms with van der Waals surface area (Å²) >= 11 is 0. The molecule has 0 amide bonds. The lowest BCUT2D eigenvalue weighted by Crippen LogP contribution is -2.42. The molecule has 1 heterocycles. The van der Waals surface area contributed by atoms with Crippen molar-refractivity contribution in [3.05, 3.63) is 36.0 Å². The van der Waals surface area contributed by atoms with E-state index >= 15 is 0 Å². The van der Waals surface area contributed by atoms with Crippen LogP contribution in [0.5, 0.6) is 0 Å². The second kappa shape index (κ2) is 5.84. The summed E-state index contributed by atoms with van der Waals surface area (Å²) in [6.07, 6.45) is 7.29. The highest BCUT2D eigenvalue weighted by Crippen LogP contribution is 2.38. The van der Waals surface area contributed by atoms with E-state index in [-0.39, 0.29) is 0 Å². The molecule has 0 bridgehead atoms. The van der Waals surface area contributed by atoms with Gasteiger partial charge >= 0.3 is 0 Å². The van der Waals surface area contributed by atoms with Gasteiger partial charge in [0.1, 0.15) is 0 Å². The van der Waals surface area contributed by atoms with Crippen molar-refractivity contribution in [1.29, 1.82) is 0 Å². The summed E-state index contributed by atoms with van der Waals surface area (Å²) < 4.78 is 0. The van der Waals surface area contributed by atoms with Crippen molar-refractivity contribution < 1.29 is 0 Å². The predicted molar refractivity (Wildman–Crippen MR) is 90.6 cm³/mol. The van der Waals surface area contributed by atoms with Crippen LogP contribution in [0.25, 0.3) is 10.9 Å². The van der Waals surface area contributed by atoms with E-state index < -0.39 is 0 Å². The maximum absolute atomic E-state index is 3.80. The Bertz CT molecular complexity index is 596. The van der Waals surface area contributed by atoms with Crippen molar-refractivity contribution in [2.75, 3.05) is 6.54 Å². The summed E-state index contributed by atoms with van der Waals surface area (Å²) in [4.78, 5) is 3.37. The summed E-state index contributed by atoms with van der Waals surface area (Å²) in [5.74, 6) is 0.789. The van der Waals surface area contributed by atoms with E-state index in [1.54, 1.807) is 0 Å². The van der Waals surface area contributed by atoms with Gasteiger partial charge in [-0.1, -0.05) is 39.0 Å². The number of H-pyrrole nitrogens is 1. The average molecular weight is 284 g/mol. The zero-order valence-corrected chi connectivity index (χ0v) is 13.6. The number of rotatable bonds is 4. The number of fused-ring (bicyclic) bond motifs is 1. The SMILES string of the molecule is CC1CC(C)(C)CCC1NCCc1c[nH]c2ccccc12. The zero-order valence-electron chi connectivity index (χ0n) is 13.6. The number of aromatic nitrogens is 1. The topological polar surface area (TPSA) is 27.8 Å². The van der Waals surface area contributed by atoms with Crippen LogP contribution in [-0.2, 0) is 6.42 Å². The molecule has 1 saturated carbocycles. The molecule has 2 unspecified atom stereocenters.